The molecule has 0 atom stereocenters. The fourth-order valence-electron chi connectivity index (χ4n) is 1.69. The first kappa shape index (κ1) is 8.76. The summed E-state index contributed by atoms with van der Waals surface area (Å²) in [5.74, 6) is 0. The molecule has 1 aliphatic rings. The predicted molar refractivity (Wildman–Crippen MR) is 49.4 cm³/mol. The topological polar surface area (TPSA) is 3.01 Å². The van der Waals surface area contributed by atoms with Crippen molar-refractivity contribution >= 4 is 5.71 Å². The second-order valence-electron chi connectivity index (χ2n) is 3.53. The lowest BCUT2D eigenvalue weighted by molar-refractivity contribution is -0.507. The Morgan fingerprint density at radius 1 is 1.27 bits per heavy atom. The maximum atomic E-state index is 2.55. The van der Waals surface area contributed by atoms with E-state index < -0.39 is 0 Å². The van der Waals surface area contributed by atoms with Gasteiger partial charge in [0.05, 0.1) is 0 Å². The zero-order valence-corrected chi connectivity index (χ0v) is 7.90. The van der Waals surface area contributed by atoms with Gasteiger partial charge in [0.2, 0.25) is 0 Å². The van der Waals surface area contributed by atoms with E-state index in [-0.39, 0.29) is 0 Å². The first-order valence-electron chi connectivity index (χ1n) is 4.92. The van der Waals surface area contributed by atoms with Crippen LogP contribution in [0.4, 0.5) is 0 Å². The molecule has 0 spiro atoms. The van der Waals surface area contributed by atoms with E-state index >= 15 is 0 Å². The molecule has 0 aromatic heterocycles. The highest BCUT2D eigenvalue weighted by molar-refractivity contribution is 5.76. The Labute approximate surface area is 70.1 Å². The van der Waals surface area contributed by atoms with Gasteiger partial charge >= 0.3 is 0 Å². The minimum Gasteiger partial charge on any atom is -0.237 e. The van der Waals surface area contributed by atoms with Crippen LogP contribution in [-0.2, 0) is 0 Å². The van der Waals surface area contributed by atoms with Crippen molar-refractivity contribution in [2.45, 2.75) is 46.0 Å². The second-order valence-corrected chi connectivity index (χ2v) is 3.53. The smallest absolute Gasteiger partial charge is 0.149 e. The second kappa shape index (κ2) is 4.53. The van der Waals surface area contributed by atoms with Crippen LogP contribution in [-0.4, -0.2) is 23.4 Å². The Balaban J connectivity index is 2.35. The van der Waals surface area contributed by atoms with Crippen molar-refractivity contribution < 1.29 is 4.58 Å². The molecule has 0 amide bonds. The van der Waals surface area contributed by atoms with Crippen molar-refractivity contribution in [2.75, 3.05) is 13.1 Å². The van der Waals surface area contributed by atoms with Crippen molar-refractivity contribution in [2.24, 2.45) is 0 Å². The number of nitrogens with zero attached hydrogens (tertiary/aromatic N) is 1. The van der Waals surface area contributed by atoms with Gasteiger partial charge in [-0.3, -0.25) is 0 Å². The Kier molecular flexibility index (Phi) is 3.61. The third kappa shape index (κ3) is 2.64. The van der Waals surface area contributed by atoms with Crippen LogP contribution in [0.1, 0.15) is 46.0 Å². The third-order valence-corrected chi connectivity index (χ3v) is 2.54. The molecular weight excluding hydrogens is 134 g/mol. The summed E-state index contributed by atoms with van der Waals surface area (Å²) in [6.07, 6.45) is 6.82. The van der Waals surface area contributed by atoms with E-state index in [1.54, 1.807) is 5.71 Å². The van der Waals surface area contributed by atoms with Crippen molar-refractivity contribution in [3.63, 3.8) is 0 Å². The van der Waals surface area contributed by atoms with Crippen molar-refractivity contribution in [3.8, 4) is 0 Å². The monoisotopic (exact) mass is 154 g/mol. The summed E-state index contributed by atoms with van der Waals surface area (Å²) in [7, 11) is 0. The molecule has 0 bridgehead atoms. The molecule has 11 heavy (non-hydrogen) atoms. The normalized spacial score (nSPS) is 17.5. The third-order valence-electron chi connectivity index (χ3n) is 2.54. The molecule has 1 heterocycles. The molecule has 1 fully saturated rings. The molecule has 64 valence electrons. The highest BCUT2D eigenvalue weighted by Crippen LogP contribution is 2.05. The maximum Gasteiger partial charge on any atom is 0.149 e. The molecule has 1 rings (SSSR count). The number of hydrogen-bond acceptors (Lipinski definition) is 0. The molecule has 1 saturated heterocycles. The van der Waals surface area contributed by atoms with E-state index in [1.807, 2.05) is 0 Å². The van der Waals surface area contributed by atoms with Crippen molar-refractivity contribution in [1.82, 2.24) is 0 Å². The zero-order chi connectivity index (χ0) is 8.10. The van der Waals surface area contributed by atoms with Crippen LogP contribution in [0.5, 0.6) is 0 Å². The predicted octanol–water partition coefficient (Wildman–Crippen LogP) is 2.44. The average Bonchev–Trinajstić information content (AvgIpc) is 2.52. The highest BCUT2D eigenvalue weighted by atomic mass is 15.0. The van der Waals surface area contributed by atoms with Crippen LogP contribution in [0.15, 0.2) is 0 Å². The summed E-state index contributed by atoms with van der Waals surface area (Å²) < 4.78 is 2.55. The fourth-order valence-corrected chi connectivity index (χ4v) is 1.69. The molecule has 0 aliphatic carbocycles. The largest absolute Gasteiger partial charge is 0.237 e. The maximum absolute atomic E-state index is 2.55. The number of rotatable bonds is 3. The molecule has 0 N–H and O–H groups in total. The van der Waals surface area contributed by atoms with Crippen LogP contribution in [0, 0.1) is 0 Å². The van der Waals surface area contributed by atoms with Crippen LogP contribution < -0.4 is 0 Å². The Bertz CT molecular complexity index is 139. The van der Waals surface area contributed by atoms with Gasteiger partial charge < -0.3 is 0 Å². The summed E-state index contributed by atoms with van der Waals surface area (Å²) in [5.41, 5.74) is 1.62. The van der Waals surface area contributed by atoms with Gasteiger partial charge in [-0.1, -0.05) is 13.3 Å². The van der Waals surface area contributed by atoms with E-state index in [9.17, 15) is 0 Å². The van der Waals surface area contributed by atoms with E-state index in [0.717, 1.165) is 0 Å². The van der Waals surface area contributed by atoms with Gasteiger partial charge in [0.1, 0.15) is 18.8 Å². The molecule has 0 aromatic carbocycles. The standard InChI is InChI=1S/C10H20N/c1-3-4-7-10(2)11-8-5-6-9-11/h3-9H2,1-2H3/q+1. The number of unbranched alkanes of at least 4 members (excludes halogenated alkanes) is 1. The van der Waals surface area contributed by atoms with Gasteiger partial charge in [-0.2, -0.15) is 0 Å². The molecule has 0 saturated carbocycles. The van der Waals surface area contributed by atoms with Gasteiger partial charge in [0, 0.05) is 26.2 Å². The van der Waals surface area contributed by atoms with Crippen molar-refractivity contribution in [3.05, 3.63) is 0 Å². The van der Waals surface area contributed by atoms with Crippen LogP contribution >= 0.6 is 0 Å². The van der Waals surface area contributed by atoms with Crippen LogP contribution in [0.3, 0.4) is 0 Å². The molecular formula is C10H20N+. The minimum atomic E-state index is 1.32. The van der Waals surface area contributed by atoms with Gasteiger partial charge in [0.25, 0.3) is 0 Å². The lowest BCUT2D eigenvalue weighted by atomic mass is 10.2. The summed E-state index contributed by atoms with van der Waals surface area (Å²) in [6, 6.07) is 0. The van der Waals surface area contributed by atoms with Gasteiger partial charge in [-0.15, -0.1) is 0 Å². The lowest BCUT2D eigenvalue weighted by Crippen LogP contribution is -2.15. The van der Waals surface area contributed by atoms with Gasteiger partial charge in [-0.25, -0.2) is 4.58 Å². The highest BCUT2D eigenvalue weighted by Gasteiger charge is 2.15. The van der Waals surface area contributed by atoms with E-state index in [0.29, 0.717) is 0 Å². The van der Waals surface area contributed by atoms with Crippen molar-refractivity contribution in [1.29, 1.82) is 0 Å². The lowest BCUT2D eigenvalue weighted by Gasteiger charge is -1.98. The Morgan fingerprint density at radius 2 is 1.91 bits per heavy atom. The molecule has 1 heteroatoms. The van der Waals surface area contributed by atoms with Crippen LogP contribution in [0.25, 0.3) is 0 Å². The SMILES string of the molecule is CCCCC(C)=[N+]1CCCC1. The molecule has 0 radical (unpaired) electrons. The summed E-state index contributed by atoms with van der Waals surface area (Å²) in [4.78, 5) is 0. The summed E-state index contributed by atoms with van der Waals surface area (Å²) in [5, 5.41) is 0. The Hall–Kier alpha value is -0.330. The van der Waals surface area contributed by atoms with Gasteiger partial charge in [-0.05, 0) is 6.42 Å². The molecule has 0 aromatic rings. The fraction of sp³-hybridized carbons (Fsp3) is 0.900. The zero-order valence-electron chi connectivity index (χ0n) is 7.90. The number of hydrogen-bond donors (Lipinski definition) is 0. The van der Waals surface area contributed by atoms with E-state index in [2.05, 4.69) is 18.4 Å². The first-order chi connectivity index (χ1) is 5.34. The molecule has 1 aliphatic heterocycles. The van der Waals surface area contributed by atoms with E-state index in [1.165, 1.54) is 45.2 Å². The molecule has 0 unspecified atom stereocenters. The first-order valence-corrected chi connectivity index (χ1v) is 4.92. The average molecular weight is 154 g/mol. The summed E-state index contributed by atoms with van der Waals surface area (Å²) in [6.45, 7) is 7.18. The van der Waals surface area contributed by atoms with E-state index in [4.69, 9.17) is 0 Å². The quantitative estimate of drug-likeness (QED) is 0.549. The summed E-state index contributed by atoms with van der Waals surface area (Å²) >= 11 is 0. The van der Waals surface area contributed by atoms with Gasteiger partial charge in [0.15, 0.2) is 0 Å². The van der Waals surface area contributed by atoms with Crippen LogP contribution in [0.2, 0.25) is 0 Å². The Morgan fingerprint density at radius 3 is 2.45 bits per heavy atom. The minimum absolute atomic E-state index is 1.32. The molecule has 1 nitrogen and oxygen atoms in total.